The molecule has 1 N–H and O–H groups in total. The van der Waals surface area contributed by atoms with Crippen molar-refractivity contribution < 1.29 is 4.42 Å². The van der Waals surface area contributed by atoms with E-state index >= 15 is 0 Å². The molecule has 1 rings (SSSR count). The molecule has 0 radical (unpaired) electrons. The molecule has 86 valence electrons. The van der Waals surface area contributed by atoms with Crippen LogP contribution in [-0.4, -0.2) is 12.1 Å². The Hall–Kier alpha value is -0.760. The molecule has 0 bridgehead atoms. The second-order valence-electron chi connectivity index (χ2n) is 5.79. The van der Waals surface area contributed by atoms with Crippen molar-refractivity contribution in [3.63, 3.8) is 0 Å². The van der Waals surface area contributed by atoms with E-state index < -0.39 is 0 Å². The minimum Gasteiger partial charge on any atom is -0.469 e. The summed E-state index contributed by atoms with van der Waals surface area (Å²) in [5.74, 6) is 1.07. The van der Waals surface area contributed by atoms with E-state index in [0.29, 0.717) is 0 Å². The largest absolute Gasteiger partial charge is 0.469 e. The first-order chi connectivity index (χ1) is 6.81. The Balaban J connectivity index is 2.44. The van der Waals surface area contributed by atoms with Crippen LogP contribution in [0.1, 0.15) is 46.8 Å². The van der Waals surface area contributed by atoms with Crippen molar-refractivity contribution in [2.45, 2.75) is 52.0 Å². The van der Waals surface area contributed by atoms with Crippen LogP contribution in [-0.2, 0) is 5.41 Å². The molecule has 1 aromatic rings. The minimum atomic E-state index is 0.113. The molecule has 0 aromatic carbocycles. The average Bonchev–Trinajstić information content (AvgIpc) is 2.52. The van der Waals surface area contributed by atoms with Gasteiger partial charge < -0.3 is 9.73 Å². The lowest BCUT2D eigenvalue weighted by Gasteiger charge is -2.26. The summed E-state index contributed by atoms with van der Waals surface area (Å²) in [7, 11) is 0. The standard InChI is InChI=1S/C13H23NO/c1-12(2,3)14-9-8-13(4,5)11-7-6-10-15-11/h6-7,10,14H,8-9H2,1-5H3. The van der Waals surface area contributed by atoms with E-state index in [2.05, 4.69) is 46.0 Å². The van der Waals surface area contributed by atoms with Gasteiger partial charge in [0.2, 0.25) is 0 Å². The van der Waals surface area contributed by atoms with Gasteiger partial charge in [-0.3, -0.25) is 0 Å². The maximum absolute atomic E-state index is 5.45. The van der Waals surface area contributed by atoms with Crippen molar-refractivity contribution in [1.29, 1.82) is 0 Å². The molecule has 0 aliphatic carbocycles. The highest BCUT2D eigenvalue weighted by atomic mass is 16.3. The highest BCUT2D eigenvalue weighted by Crippen LogP contribution is 2.26. The van der Waals surface area contributed by atoms with Crippen LogP contribution < -0.4 is 5.32 Å². The van der Waals surface area contributed by atoms with Crippen molar-refractivity contribution in [3.8, 4) is 0 Å². The third kappa shape index (κ3) is 4.08. The smallest absolute Gasteiger partial charge is 0.109 e. The fourth-order valence-corrected chi connectivity index (χ4v) is 1.54. The van der Waals surface area contributed by atoms with Gasteiger partial charge in [-0.1, -0.05) is 13.8 Å². The molecule has 15 heavy (non-hydrogen) atoms. The van der Waals surface area contributed by atoms with Gasteiger partial charge in [-0.15, -0.1) is 0 Å². The maximum atomic E-state index is 5.45. The summed E-state index contributed by atoms with van der Waals surface area (Å²) in [6, 6.07) is 4.01. The van der Waals surface area contributed by atoms with Crippen molar-refractivity contribution >= 4 is 0 Å². The molecule has 2 heteroatoms. The Bertz CT molecular complexity index is 280. The van der Waals surface area contributed by atoms with Crippen LogP contribution in [0, 0.1) is 0 Å². The summed E-state index contributed by atoms with van der Waals surface area (Å²) < 4.78 is 5.45. The molecule has 0 spiro atoms. The van der Waals surface area contributed by atoms with Crippen LogP contribution in [0.4, 0.5) is 0 Å². The summed E-state index contributed by atoms with van der Waals surface area (Å²) in [4.78, 5) is 0. The van der Waals surface area contributed by atoms with Gasteiger partial charge in [-0.05, 0) is 45.9 Å². The molecule has 0 amide bonds. The lowest BCUT2D eigenvalue weighted by Crippen LogP contribution is -2.38. The van der Waals surface area contributed by atoms with E-state index in [9.17, 15) is 0 Å². The molecular formula is C13H23NO. The zero-order valence-electron chi connectivity index (χ0n) is 10.6. The van der Waals surface area contributed by atoms with Crippen LogP contribution in [0.25, 0.3) is 0 Å². The van der Waals surface area contributed by atoms with Gasteiger partial charge in [0, 0.05) is 11.0 Å². The van der Waals surface area contributed by atoms with Crippen molar-refractivity contribution in [2.24, 2.45) is 0 Å². The zero-order valence-corrected chi connectivity index (χ0v) is 10.6. The van der Waals surface area contributed by atoms with E-state index in [4.69, 9.17) is 4.42 Å². The van der Waals surface area contributed by atoms with Gasteiger partial charge in [0.05, 0.1) is 6.26 Å². The Kier molecular flexibility index (Phi) is 3.61. The first-order valence-electron chi connectivity index (χ1n) is 5.60. The van der Waals surface area contributed by atoms with Crippen molar-refractivity contribution in [2.75, 3.05) is 6.54 Å². The lowest BCUT2D eigenvalue weighted by atomic mass is 9.86. The van der Waals surface area contributed by atoms with Gasteiger partial charge in [0.1, 0.15) is 5.76 Å². The van der Waals surface area contributed by atoms with E-state index in [-0.39, 0.29) is 11.0 Å². The van der Waals surface area contributed by atoms with Crippen LogP contribution in [0.5, 0.6) is 0 Å². The number of nitrogens with one attached hydrogen (secondary N) is 1. The van der Waals surface area contributed by atoms with Gasteiger partial charge in [-0.25, -0.2) is 0 Å². The van der Waals surface area contributed by atoms with Crippen LogP contribution in [0.2, 0.25) is 0 Å². The first kappa shape index (κ1) is 12.3. The molecule has 0 saturated carbocycles. The fraction of sp³-hybridized carbons (Fsp3) is 0.692. The summed E-state index contributed by atoms with van der Waals surface area (Å²) >= 11 is 0. The second kappa shape index (κ2) is 4.40. The Morgan fingerprint density at radius 3 is 2.33 bits per heavy atom. The number of furan rings is 1. The second-order valence-corrected chi connectivity index (χ2v) is 5.79. The molecule has 0 fully saturated rings. The van der Waals surface area contributed by atoms with Crippen LogP contribution in [0.3, 0.4) is 0 Å². The predicted molar refractivity (Wildman–Crippen MR) is 64.1 cm³/mol. The molecule has 0 aliphatic heterocycles. The summed E-state index contributed by atoms with van der Waals surface area (Å²) in [6.45, 7) is 12.0. The first-order valence-corrected chi connectivity index (χ1v) is 5.60. The normalized spacial score (nSPS) is 13.1. The summed E-state index contributed by atoms with van der Waals surface area (Å²) in [5.41, 5.74) is 0.307. The van der Waals surface area contributed by atoms with Crippen LogP contribution >= 0.6 is 0 Å². The third-order valence-electron chi connectivity index (χ3n) is 2.59. The molecule has 2 nitrogen and oxygen atoms in total. The quantitative estimate of drug-likeness (QED) is 0.822. The molecule has 0 atom stereocenters. The van der Waals surface area contributed by atoms with E-state index in [1.165, 1.54) is 0 Å². The monoisotopic (exact) mass is 209 g/mol. The van der Waals surface area contributed by atoms with E-state index in [1.807, 2.05) is 6.07 Å². The third-order valence-corrected chi connectivity index (χ3v) is 2.59. The van der Waals surface area contributed by atoms with Crippen molar-refractivity contribution in [3.05, 3.63) is 24.2 Å². The summed E-state index contributed by atoms with van der Waals surface area (Å²) in [6.07, 6.45) is 2.83. The highest BCUT2D eigenvalue weighted by Gasteiger charge is 2.23. The maximum Gasteiger partial charge on any atom is 0.109 e. The minimum absolute atomic E-state index is 0.113. The Morgan fingerprint density at radius 1 is 1.20 bits per heavy atom. The van der Waals surface area contributed by atoms with E-state index in [1.54, 1.807) is 6.26 Å². The predicted octanol–water partition coefficient (Wildman–Crippen LogP) is 3.34. The number of hydrogen-bond acceptors (Lipinski definition) is 2. The Morgan fingerprint density at radius 2 is 1.87 bits per heavy atom. The van der Waals surface area contributed by atoms with Gasteiger partial charge in [0.15, 0.2) is 0 Å². The molecule has 0 unspecified atom stereocenters. The number of rotatable bonds is 4. The average molecular weight is 209 g/mol. The highest BCUT2D eigenvalue weighted by molar-refractivity contribution is 5.10. The summed E-state index contributed by atoms with van der Waals surface area (Å²) in [5, 5.41) is 3.50. The topological polar surface area (TPSA) is 25.2 Å². The lowest BCUT2D eigenvalue weighted by molar-refractivity contribution is 0.334. The van der Waals surface area contributed by atoms with Crippen molar-refractivity contribution in [1.82, 2.24) is 5.32 Å². The molecular weight excluding hydrogens is 186 g/mol. The fourth-order valence-electron chi connectivity index (χ4n) is 1.54. The van der Waals surface area contributed by atoms with Gasteiger partial charge in [-0.2, -0.15) is 0 Å². The van der Waals surface area contributed by atoms with E-state index in [0.717, 1.165) is 18.7 Å². The number of hydrogen-bond donors (Lipinski definition) is 1. The molecule has 1 aromatic heterocycles. The SMILES string of the molecule is CC(C)(C)NCCC(C)(C)c1ccco1. The molecule has 1 heterocycles. The van der Waals surface area contributed by atoms with Gasteiger partial charge >= 0.3 is 0 Å². The van der Waals surface area contributed by atoms with Crippen LogP contribution in [0.15, 0.2) is 22.8 Å². The zero-order chi connectivity index (χ0) is 11.5. The molecule has 0 aliphatic rings. The van der Waals surface area contributed by atoms with Gasteiger partial charge in [0.25, 0.3) is 0 Å². The molecule has 0 saturated heterocycles. The Labute approximate surface area is 93.1 Å².